The molecule has 1 aliphatic rings. The number of aromatic nitrogens is 2. The molecular formula is C14H17N3O2S. The second kappa shape index (κ2) is 5.36. The molecule has 3 rings (SSSR count). The summed E-state index contributed by atoms with van der Waals surface area (Å²) >= 11 is 1.68. The molecule has 0 saturated carbocycles. The van der Waals surface area contributed by atoms with Gasteiger partial charge in [-0.2, -0.15) is 0 Å². The van der Waals surface area contributed by atoms with Gasteiger partial charge in [0.1, 0.15) is 0 Å². The lowest BCUT2D eigenvalue weighted by atomic mass is 9.98. The second-order valence-corrected chi connectivity index (χ2v) is 6.14. The molecule has 0 N–H and O–H groups in total. The number of nitrogens with zero attached hydrogens (tertiary/aromatic N) is 3. The molecule has 0 bridgehead atoms. The highest BCUT2D eigenvalue weighted by Crippen LogP contribution is 2.29. The number of piperidine rings is 1. The van der Waals surface area contributed by atoms with Gasteiger partial charge in [0, 0.05) is 36.1 Å². The highest BCUT2D eigenvalue weighted by atomic mass is 32.1. The molecule has 0 radical (unpaired) electrons. The highest BCUT2D eigenvalue weighted by Gasteiger charge is 2.28. The van der Waals surface area contributed by atoms with Crippen molar-refractivity contribution < 1.29 is 9.32 Å². The van der Waals surface area contributed by atoms with Gasteiger partial charge in [0.15, 0.2) is 0 Å². The number of carbonyl (C=O) groups is 1. The highest BCUT2D eigenvalue weighted by molar-refractivity contribution is 7.09. The third-order valence-corrected chi connectivity index (χ3v) is 4.66. The molecule has 2 aromatic heterocycles. The quantitative estimate of drug-likeness (QED) is 0.853. The van der Waals surface area contributed by atoms with Crippen LogP contribution in [0.2, 0.25) is 0 Å². The maximum atomic E-state index is 12.4. The van der Waals surface area contributed by atoms with Gasteiger partial charge in [-0.1, -0.05) is 5.16 Å². The van der Waals surface area contributed by atoms with Gasteiger partial charge in [-0.05, 0) is 26.7 Å². The lowest BCUT2D eigenvalue weighted by Gasteiger charge is -2.31. The summed E-state index contributed by atoms with van der Waals surface area (Å²) in [7, 11) is 0. The summed E-state index contributed by atoms with van der Waals surface area (Å²) in [4.78, 5) is 18.8. The molecule has 5 nitrogen and oxygen atoms in total. The number of aryl methyl sites for hydroxylation is 2. The van der Waals surface area contributed by atoms with Gasteiger partial charge < -0.3 is 9.42 Å². The Morgan fingerprint density at radius 1 is 1.45 bits per heavy atom. The average Bonchev–Trinajstić information content (AvgIpc) is 3.07. The van der Waals surface area contributed by atoms with Crippen molar-refractivity contribution in [2.75, 3.05) is 13.1 Å². The van der Waals surface area contributed by atoms with Crippen LogP contribution in [0.5, 0.6) is 0 Å². The largest absolute Gasteiger partial charge is 0.351 e. The van der Waals surface area contributed by atoms with E-state index in [-0.39, 0.29) is 5.91 Å². The molecule has 0 spiro atoms. The maximum absolute atomic E-state index is 12.4. The molecule has 1 aliphatic heterocycles. The fraction of sp³-hybridized carbons (Fsp3) is 0.500. The van der Waals surface area contributed by atoms with E-state index in [1.54, 1.807) is 17.4 Å². The Hall–Kier alpha value is -1.69. The van der Waals surface area contributed by atoms with Crippen LogP contribution >= 0.6 is 11.3 Å². The zero-order valence-electron chi connectivity index (χ0n) is 11.6. The van der Waals surface area contributed by atoms with Crippen molar-refractivity contribution in [2.24, 2.45) is 0 Å². The summed E-state index contributed by atoms with van der Waals surface area (Å²) in [6.45, 7) is 5.31. The van der Waals surface area contributed by atoms with Crippen LogP contribution in [0.4, 0.5) is 0 Å². The van der Waals surface area contributed by atoms with E-state index in [0.29, 0.717) is 18.2 Å². The van der Waals surface area contributed by atoms with Crippen LogP contribution < -0.4 is 0 Å². The van der Waals surface area contributed by atoms with Crippen LogP contribution in [0.1, 0.15) is 45.7 Å². The molecule has 1 unspecified atom stereocenters. The molecule has 1 atom stereocenters. The normalized spacial score (nSPS) is 19.3. The smallest absolute Gasteiger partial charge is 0.292 e. The zero-order valence-corrected chi connectivity index (χ0v) is 12.4. The molecule has 6 heteroatoms. The molecule has 0 aromatic carbocycles. The fourth-order valence-electron chi connectivity index (χ4n) is 2.54. The van der Waals surface area contributed by atoms with Crippen molar-refractivity contribution in [2.45, 2.75) is 32.6 Å². The minimum absolute atomic E-state index is 0.0661. The molecule has 106 valence electrons. The van der Waals surface area contributed by atoms with Crippen LogP contribution in [0.25, 0.3) is 0 Å². The van der Waals surface area contributed by atoms with E-state index in [1.165, 1.54) is 0 Å². The standard InChI is InChI=1S/C14H17N3O2S/c1-9-6-12(19-16-9)14(18)17-5-3-4-11(7-17)13-15-10(2)8-20-13/h6,8,11H,3-5,7H2,1-2H3. The van der Waals surface area contributed by atoms with Crippen LogP contribution in [0.3, 0.4) is 0 Å². The summed E-state index contributed by atoms with van der Waals surface area (Å²) in [5.41, 5.74) is 1.79. The van der Waals surface area contributed by atoms with E-state index in [4.69, 9.17) is 4.52 Å². The zero-order chi connectivity index (χ0) is 14.1. The molecule has 20 heavy (non-hydrogen) atoms. The van der Waals surface area contributed by atoms with Gasteiger partial charge in [-0.3, -0.25) is 4.79 Å². The summed E-state index contributed by atoms with van der Waals surface area (Å²) in [6, 6.07) is 1.69. The minimum atomic E-state index is -0.0661. The Labute approximate surface area is 121 Å². The first-order valence-electron chi connectivity index (χ1n) is 6.78. The van der Waals surface area contributed by atoms with E-state index in [2.05, 4.69) is 15.5 Å². The van der Waals surface area contributed by atoms with E-state index in [0.717, 1.165) is 35.8 Å². The summed E-state index contributed by atoms with van der Waals surface area (Å²) < 4.78 is 5.07. The Balaban J connectivity index is 1.73. The molecule has 3 heterocycles. The van der Waals surface area contributed by atoms with E-state index in [9.17, 15) is 4.79 Å². The Bertz CT molecular complexity index is 619. The van der Waals surface area contributed by atoms with Gasteiger partial charge in [0.05, 0.1) is 10.7 Å². The molecule has 0 aliphatic carbocycles. The van der Waals surface area contributed by atoms with Crippen molar-refractivity contribution in [3.63, 3.8) is 0 Å². The molecule has 1 saturated heterocycles. The predicted octanol–water partition coefficient (Wildman–Crippen LogP) is 2.77. The first kappa shape index (κ1) is 13.3. The van der Waals surface area contributed by atoms with Gasteiger partial charge in [0.2, 0.25) is 5.76 Å². The number of carbonyl (C=O) groups excluding carboxylic acids is 1. The number of likely N-dealkylation sites (tertiary alicyclic amines) is 1. The molecule has 1 fully saturated rings. The molecule has 1 amide bonds. The van der Waals surface area contributed by atoms with E-state index in [1.807, 2.05) is 18.7 Å². The number of hydrogen-bond donors (Lipinski definition) is 0. The van der Waals surface area contributed by atoms with Gasteiger partial charge in [-0.25, -0.2) is 4.98 Å². The first-order valence-corrected chi connectivity index (χ1v) is 7.66. The molecule has 2 aromatic rings. The molecular weight excluding hydrogens is 274 g/mol. The Morgan fingerprint density at radius 2 is 2.30 bits per heavy atom. The lowest BCUT2D eigenvalue weighted by molar-refractivity contribution is 0.0665. The van der Waals surface area contributed by atoms with Crippen LogP contribution in [-0.4, -0.2) is 34.0 Å². The van der Waals surface area contributed by atoms with Crippen molar-refractivity contribution in [1.29, 1.82) is 0 Å². The number of rotatable bonds is 2. The maximum Gasteiger partial charge on any atom is 0.292 e. The average molecular weight is 291 g/mol. The summed E-state index contributed by atoms with van der Waals surface area (Å²) in [6.07, 6.45) is 2.09. The van der Waals surface area contributed by atoms with Crippen molar-refractivity contribution in [3.8, 4) is 0 Å². The predicted molar refractivity (Wildman–Crippen MR) is 76.0 cm³/mol. The van der Waals surface area contributed by atoms with Crippen LogP contribution in [-0.2, 0) is 0 Å². The Morgan fingerprint density at radius 3 is 2.95 bits per heavy atom. The van der Waals surface area contributed by atoms with Crippen LogP contribution in [0, 0.1) is 13.8 Å². The topological polar surface area (TPSA) is 59.2 Å². The van der Waals surface area contributed by atoms with Crippen molar-refractivity contribution in [1.82, 2.24) is 15.0 Å². The minimum Gasteiger partial charge on any atom is -0.351 e. The van der Waals surface area contributed by atoms with Crippen molar-refractivity contribution >= 4 is 17.2 Å². The van der Waals surface area contributed by atoms with E-state index < -0.39 is 0 Å². The lowest BCUT2D eigenvalue weighted by Crippen LogP contribution is -2.39. The number of thiazole rings is 1. The third-order valence-electron chi connectivity index (χ3n) is 3.53. The van der Waals surface area contributed by atoms with E-state index >= 15 is 0 Å². The van der Waals surface area contributed by atoms with Gasteiger partial charge in [-0.15, -0.1) is 11.3 Å². The second-order valence-electron chi connectivity index (χ2n) is 5.25. The summed E-state index contributed by atoms with van der Waals surface area (Å²) in [5, 5.41) is 6.98. The van der Waals surface area contributed by atoms with Gasteiger partial charge in [0.25, 0.3) is 5.91 Å². The number of amides is 1. The fourth-order valence-corrected chi connectivity index (χ4v) is 3.47. The van der Waals surface area contributed by atoms with Crippen molar-refractivity contribution in [3.05, 3.63) is 33.6 Å². The summed E-state index contributed by atoms with van der Waals surface area (Å²) in [5.74, 6) is 0.609. The monoisotopic (exact) mass is 291 g/mol. The third kappa shape index (κ3) is 2.60. The van der Waals surface area contributed by atoms with Crippen LogP contribution in [0.15, 0.2) is 16.0 Å². The first-order chi connectivity index (χ1) is 9.63. The SMILES string of the molecule is Cc1cc(C(=O)N2CCCC(c3nc(C)cs3)C2)on1. The Kier molecular flexibility index (Phi) is 3.56. The number of hydrogen-bond acceptors (Lipinski definition) is 5. The van der Waals surface area contributed by atoms with Gasteiger partial charge >= 0.3 is 0 Å².